The average molecular weight is 579 g/mol. The van der Waals surface area contributed by atoms with E-state index in [2.05, 4.69) is 0 Å². The molecule has 1 aliphatic heterocycles. The van der Waals surface area contributed by atoms with Crippen molar-refractivity contribution in [2.75, 3.05) is 4.90 Å². The minimum Gasteiger partial charge on any atom is -0.451 e. The third kappa shape index (κ3) is 4.31. The number of halogens is 1. The minimum atomic E-state index is -1.04. The first-order chi connectivity index (χ1) is 20.3. The number of carbonyl (C=O) groups excluding carboxylic acids is 4. The molecule has 42 heavy (non-hydrogen) atoms. The molecule has 7 rings (SSSR count). The fraction of sp³-hybridized carbons (Fsp3) is 0.265. The highest BCUT2D eigenvalue weighted by atomic mass is 35.5. The monoisotopic (exact) mass is 578 g/mol. The molecule has 1 saturated heterocycles. The smallest absolute Gasteiger partial charge is 0.339 e. The number of ether oxygens (including phenoxy) is 1. The molecule has 8 heteroatoms. The molecule has 0 radical (unpaired) electrons. The Bertz CT molecular complexity index is 1770. The third-order valence-corrected chi connectivity index (χ3v) is 9.26. The predicted molar refractivity (Wildman–Crippen MR) is 158 cm³/mol. The quantitative estimate of drug-likeness (QED) is 0.147. The summed E-state index contributed by atoms with van der Waals surface area (Å²) in [4.78, 5) is 59.4. The number of aromatic nitrogens is 1. The lowest BCUT2D eigenvalue weighted by Crippen LogP contribution is -2.32. The van der Waals surface area contributed by atoms with Crippen molar-refractivity contribution >= 4 is 51.8 Å². The highest BCUT2D eigenvalue weighted by molar-refractivity contribution is 6.31. The highest BCUT2D eigenvalue weighted by Gasteiger charge is 2.61. The standard InChI is InChI=1S/C34H27ClN2O5/c1-18(31(38)22-7-4-8-23(35)15-22)42-34(41)26-17-28(36-27-11-3-2-10-25(26)27)19-6-5-9-24(16-19)37-32(39)29-20-12-13-21(14-20)30(29)33(37)40/h2-11,15-18,20-21,29-30H,12-14H2,1H3/t18-,20+,21+,29-,30+/m1/s1. The molecular weight excluding hydrogens is 552 g/mol. The van der Waals surface area contributed by atoms with Gasteiger partial charge in [-0.25, -0.2) is 9.78 Å². The van der Waals surface area contributed by atoms with Crippen molar-refractivity contribution in [2.45, 2.75) is 32.3 Å². The zero-order valence-corrected chi connectivity index (χ0v) is 23.6. The molecule has 3 aliphatic rings. The topological polar surface area (TPSA) is 93.6 Å². The van der Waals surface area contributed by atoms with E-state index in [9.17, 15) is 19.2 Å². The summed E-state index contributed by atoms with van der Waals surface area (Å²) in [7, 11) is 0. The highest BCUT2D eigenvalue weighted by Crippen LogP contribution is 2.56. The second-order valence-corrected chi connectivity index (χ2v) is 11.9. The zero-order valence-electron chi connectivity index (χ0n) is 22.8. The summed E-state index contributed by atoms with van der Waals surface area (Å²) in [6.07, 6.45) is 1.96. The number of amides is 2. The first-order valence-corrected chi connectivity index (χ1v) is 14.6. The predicted octanol–water partition coefficient (Wildman–Crippen LogP) is 6.52. The lowest BCUT2D eigenvalue weighted by atomic mass is 9.81. The van der Waals surface area contributed by atoms with Gasteiger partial charge < -0.3 is 4.74 Å². The van der Waals surface area contributed by atoms with Crippen LogP contribution in [-0.2, 0) is 14.3 Å². The van der Waals surface area contributed by atoms with Crippen molar-refractivity contribution in [3.63, 3.8) is 0 Å². The molecule has 0 spiro atoms. The molecule has 210 valence electrons. The molecule has 2 bridgehead atoms. The largest absolute Gasteiger partial charge is 0.451 e. The van der Waals surface area contributed by atoms with Crippen LogP contribution in [0.5, 0.6) is 0 Å². The molecule has 0 unspecified atom stereocenters. The Labute approximate surface area is 247 Å². The number of para-hydroxylation sites is 1. The van der Waals surface area contributed by atoms with E-state index in [1.54, 1.807) is 60.7 Å². The first-order valence-electron chi connectivity index (χ1n) is 14.2. The van der Waals surface area contributed by atoms with Crippen LogP contribution in [0.15, 0.2) is 78.9 Å². The van der Waals surface area contributed by atoms with Crippen LogP contribution >= 0.6 is 11.6 Å². The number of hydrogen-bond donors (Lipinski definition) is 0. The number of nitrogens with zero attached hydrogens (tertiary/aromatic N) is 2. The SMILES string of the molecule is C[C@@H](OC(=O)c1cc(-c2cccc(N3C(=O)[C@@H]4[C@H]5CC[C@@H](C5)[C@@H]4C3=O)c2)nc2ccccc12)C(=O)c1cccc(Cl)c1. The van der Waals surface area contributed by atoms with Crippen LogP contribution in [0, 0.1) is 23.7 Å². The van der Waals surface area contributed by atoms with Crippen LogP contribution < -0.4 is 4.90 Å². The van der Waals surface area contributed by atoms with Gasteiger partial charge in [-0.15, -0.1) is 0 Å². The van der Waals surface area contributed by atoms with Gasteiger partial charge in [0.15, 0.2) is 6.10 Å². The number of esters is 1. The Balaban J connectivity index is 1.21. The lowest BCUT2D eigenvalue weighted by molar-refractivity contribution is -0.123. The van der Waals surface area contributed by atoms with Gasteiger partial charge in [-0.2, -0.15) is 0 Å². The molecule has 4 aromatic rings. The Morgan fingerprint density at radius 1 is 0.905 bits per heavy atom. The molecular formula is C34H27ClN2O5. The normalized spacial score (nSPS) is 23.3. The van der Waals surface area contributed by atoms with E-state index in [4.69, 9.17) is 21.3 Å². The zero-order chi connectivity index (χ0) is 29.1. The van der Waals surface area contributed by atoms with Gasteiger partial charge in [0, 0.05) is 21.5 Å². The molecule has 0 N–H and O–H groups in total. The number of anilines is 1. The number of imide groups is 1. The van der Waals surface area contributed by atoms with Crippen LogP contribution in [0.1, 0.15) is 46.9 Å². The third-order valence-electron chi connectivity index (χ3n) is 9.03. The van der Waals surface area contributed by atoms with E-state index in [0.29, 0.717) is 50.3 Å². The maximum atomic E-state index is 13.5. The van der Waals surface area contributed by atoms with Crippen LogP contribution in [0.3, 0.4) is 0 Å². The van der Waals surface area contributed by atoms with E-state index >= 15 is 0 Å². The fourth-order valence-electron chi connectivity index (χ4n) is 7.11. The van der Waals surface area contributed by atoms with E-state index < -0.39 is 12.1 Å². The van der Waals surface area contributed by atoms with Gasteiger partial charge in [0.25, 0.3) is 0 Å². The lowest BCUT2D eigenvalue weighted by Gasteiger charge is -2.19. The fourth-order valence-corrected chi connectivity index (χ4v) is 7.30. The molecule has 3 fully saturated rings. The summed E-state index contributed by atoms with van der Waals surface area (Å²) in [5.74, 6) is -1.07. The minimum absolute atomic E-state index is 0.108. The van der Waals surface area contributed by atoms with Gasteiger partial charge in [0.1, 0.15) is 0 Å². The molecule has 2 saturated carbocycles. The van der Waals surface area contributed by atoms with E-state index in [1.165, 1.54) is 17.9 Å². The van der Waals surface area contributed by atoms with Crippen molar-refractivity contribution < 1.29 is 23.9 Å². The van der Waals surface area contributed by atoms with Gasteiger partial charge in [0.05, 0.1) is 34.3 Å². The van der Waals surface area contributed by atoms with Gasteiger partial charge in [-0.05, 0) is 74.4 Å². The van der Waals surface area contributed by atoms with Crippen LogP contribution in [-0.4, -0.2) is 34.7 Å². The average Bonchev–Trinajstić information content (AvgIpc) is 3.69. The van der Waals surface area contributed by atoms with Crippen LogP contribution in [0.25, 0.3) is 22.2 Å². The summed E-state index contributed by atoms with van der Waals surface area (Å²) in [5, 5.41) is 0.997. The van der Waals surface area contributed by atoms with Crippen LogP contribution in [0.4, 0.5) is 5.69 Å². The maximum Gasteiger partial charge on any atom is 0.339 e. The molecule has 1 aromatic heterocycles. The van der Waals surface area contributed by atoms with Crippen molar-refractivity contribution in [1.82, 2.24) is 4.98 Å². The summed E-state index contributed by atoms with van der Waals surface area (Å²) in [5.41, 5.74) is 2.82. The maximum absolute atomic E-state index is 13.5. The number of ketones is 1. The molecule has 2 amide bonds. The van der Waals surface area contributed by atoms with Crippen molar-refractivity contribution in [1.29, 1.82) is 0 Å². The number of Topliss-reactive ketones (excluding diaryl/α,β-unsaturated/α-hetero) is 1. The van der Waals surface area contributed by atoms with Crippen LogP contribution in [0.2, 0.25) is 5.02 Å². The second-order valence-electron chi connectivity index (χ2n) is 11.4. The summed E-state index contributed by atoms with van der Waals surface area (Å²) in [6.45, 7) is 1.53. The molecule has 5 atom stereocenters. The molecule has 3 aromatic carbocycles. The number of carbonyl (C=O) groups is 4. The molecule has 7 nitrogen and oxygen atoms in total. The van der Waals surface area contributed by atoms with Crippen molar-refractivity contribution in [2.24, 2.45) is 23.7 Å². The second kappa shape index (κ2) is 10.2. The Hall–Kier alpha value is -4.36. The summed E-state index contributed by atoms with van der Waals surface area (Å²) < 4.78 is 5.64. The van der Waals surface area contributed by atoms with Crippen molar-refractivity contribution in [3.8, 4) is 11.3 Å². The summed E-state index contributed by atoms with van der Waals surface area (Å²) >= 11 is 6.04. The van der Waals surface area contributed by atoms with E-state index in [-0.39, 0.29) is 35.0 Å². The van der Waals surface area contributed by atoms with Gasteiger partial charge in [0.2, 0.25) is 17.6 Å². The Morgan fingerprint density at radius 3 is 2.36 bits per heavy atom. The van der Waals surface area contributed by atoms with E-state index in [1.807, 2.05) is 12.1 Å². The van der Waals surface area contributed by atoms with Gasteiger partial charge in [-0.1, -0.05) is 54.1 Å². The molecule has 2 aliphatic carbocycles. The first kappa shape index (κ1) is 26.5. The van der Waals surface area contributed by atoms with Gasteiger partial charge >= 0.3 is 5.97 Å². The number of fused-ring (bicyclic) bond motifs is 6. The number of benzene rings is 3. The number of hydrogen-bond acceptors (Lipinski definition) is 6. The number of pyridine rings is 1. The summed E-state index contributed by atoms with van der Waals surface area (Å²) in [6, 6.07) is 22.5. The van der Waals surface area contributed by atoms with Gasteiger partial charge in [-0.3, -0.25) is 19.3 Å². The number of rotatable bonds is 6. The Kier molecular flexibility index (Phi) is 6.43. The van der Waals surface area contributed by atoms with E-state index in [0.717, 1.165) is 19.3 Å². The van der Waals surface area contributed by atoms with Crippen molar-refractivity contribution in [3.05, 3.63) is 95.0 Å². The molecule has 2 heterocycles. The Morgan fingerprint density at radius 2 is 1.62 bits per heavy atom.